The summed E-state index contributed by atoms with van der Waals surface area (Å²) in [4.78, 5) is 7.47. The van der Waals surface area contributed by atoms with E-state index in [0.717, 1.165) is 21.4 Å². The normalized spacial score (nSPS) is 10.3. The quantitative estimate of drug-likeness (QED) is 0.504. The third-order valence-corrected chi connectivity index (χ3v) is 2.88. The Morgan fingerprint density at radius 1 is 1.62 bits per heavy atom. The predicted molar refractivity (Wildman–Crippen MR) is 54.4 cm³/mol. The van der Waals surface area contributed by atoms with Crippen LogP contribution in [-0.4, -0.2) is 9.97 Å². The molecule has 0 radical (unpaired) electrons. The van der Waals surface area contributed by atoms with Crippen LogP contribution in [0.2, 0.25) is 0 Å². The second-order valence-electron chi connectivity index (χ2n) is 2.66. The molecular formula is C8H10N4S. The largest absolute Gasteiger partial charge is 0.359 e. The van der Waals surface area contributed by atoms with Gasteiger partial charge in [-0.15, -0.1) is 0 Å². The summed E-state index contributed by atoms with van der Waals surface area (Å²) >= 11 is 1.54. The van der Waals surface area contributed by atoms with E-state index >= 15 is 0 Å². The van der Waals surface area contributed by atoms with Crippen LogP contribution in [0.3, 0.4) is 0 Å². The molecule has 0 aliphatic carbocycles. The highest BCUT2D eigenvalue weighted by Gasteiger charge is 2.07. The number of anilines is 1. The topological polar surface area (TPSA) is 66.7 Å². The van der Waals surface area contributed by atoms with Crippen molar-refractivity contribution in [2.45, 2.75) is 6.92 Å². The Balaban J connectivity index is 2.43. The van der Waals surface area contributed by atoms with E-state index in [9.17, 15) is 0 Å². The van der Waals surface area contributed by atoms with E-state index in [1.54, 1.807) is 0 Å². The molecule has 2 aromatic rings. The summed E-state index contributed by atoms with van der Waals surface area (Å²) in [5.41, 5.74) is 4.57. The number of H-pyrrole nitrogens is 1. The van der Waals surface area contributed by atoms with Crippen molar-refractivity contribution in [3.05, 3.63) is 24.0 Å². The molecule has 0 aliphatic heterocycles. The molecule has 2 aromatic heterocycles. The second kappa shape index (κ2) is 3.20. The van der Waals surface area contributed by atoms with E-state index < -0.39 is 0 Å². The van der Waals surface area contributed by atoms with E-state index in [4.69, 9.17) is 5.84 Å². The number of nitrogens with two attached hydrogens (primary N) is 1. The van der Waals surface area contributed by atoms with Crippen molar-refractivity contribution in [1.82, 2.24) is 9.97 Å². The van der Waals surface area contributed by atoms with Crippen molar-refractivity contribution >= 4 is 16.3 Å². The first kappa shape index (κ1) is 8.28. The van der Waals surface area contributed by atoms with Crippen LogP contribution in [0.15, 0.2) is 18.3 Å². The molecule has 0 saturated carbocycles. The average Bonchev–Trinajstić information content (AvgIpc) is 2.71. The van der Waals surface area contributed by atoms with Gasteiger partial charge in [0.05, 0.1) is 11.4 Å². The fraction of sp³-hybridized carbons (Fsp3) is 0.125. The van der Waals surface area contributed by atoms with Crippen LogP contribution >= 0.6 is 11.3 Å². The molecule has 0 spiro atoms. The monoisotopic (exact) mass is 194 g/mol. The van der Waals surface area contributed by atoms with Gasteiger partial charge in [0, 0.05) is 6.20 Å². The summed E-state index contributed by atoms with van der Waals surface area (Å²) < 4.78 is 0. The maximum atomic E-state index is 5.33. The standard InChI is InChI=1S/C8H10N4S/c1-5-7(12-9)13-8(11-5)6-3-2-4-10-6/h2-4,10,12H,9H2,1H3. The molecule has 0 amide bonds. The van der Waals surface area contributed by atoms with Gasteiger partial charge in [-0.1, -0.05) is 11.3 Å². The summed E-state index contributed by atoms with van der Waals surface area (Å²) in [6.07, 6.45) is 1.88. The van der Waals surface area contributed by atoms with Gasteiger partial charge >= 0.3 is 0 Å². The molecule has 0 unspecified atom stereocenters. The lowest BCUT2D eigenvalue weighted by molar-refractivity contribution is 1.23. The summed E-state index contributed by atoms with van der Waals surface area (Å²) in [5.74, 6) is 5.33. The fourth-order valence-electron chi connectivity index (χ4n) is 1.11. The highest BCUT2D eigenvalue weighted by Crippen LogP contribution is 2.29. The van der Waals surface area contributed by atoms with Crippen LogP contribution < -0.4 is 11.3 Å². The molecule has 0 fully saturated rings. The molecule has 0 bridgehead atoms. The fourth-order valence-corrected chi connectivity index (χ4v) is 1.97. The zero-order valence-electron chi connectivity index (χ0n) is 7.16. The third kappa shape index (κ3) is 1.43. The van der Waals surface area contributed by atoms with E-state index in [1.165, 1.54) is 11.3 Å². The number of nitrogen functional groups attached to an aromatic ring is 1. The molecule has 5 heteroatoms. The van der Waals surface area contributed by atoms with E-state index in [1.807, 2.05) is 25.3 Å². The van der Waals surface area contributed by atoms with E-state index in [-0.39, 0.29) is 0 Å². The van der Waals surface area contributed by atoms with Crippen LogP contribution in [-0.2, 0) is 0 Å². The van der Waals surface area contributed by atoms with Crippen LogP contribution in [0, 0.1) is 6.92 Å². The Morgan fingerprint density at radius 2 is 2.46 bits per heavy atom. The molecule has 13 heavy (non-hydrogen) atoms. The number of aromatic nitrogens is 2. The van der Waals surface area contributed by atoms with Crippen molar-refractivity contribution in [2.24, 2.45) is 5.84 Å². The smallest absolute Gasteiger partial charge is 0.141 e. The van der Waals surface area contributed by atoms with Crippen LogP contribution in [0.4, 0.5) is 5.00 Å². The van der Waals surface area contributed by atoms with Gasteiger partial charge in [-0.3, -0.25) is 0 Å². The second-order valence-corrected chi connectivity index (χ2v) is 3.66. The number of aromatic amines is 1. The molecule has 0 aliphatic rings. The summed E-state index contributed by atoms with van der Waals surface area (Å²) in [5, 5.41) is 1.86. The lowest BCUT2D eigenvalue weighted by Crippen LogP contribution is -2.05. The van der Waals surface area contributed by atoms with Crippen LogP contribution in [0.1, 0.15) is 5.69 Å². The first-order valence-electron chi connectivity index (χ1n) is 3.89. The molecule has 68 valence electrons. The van der Waals surface area contributed by atoms with Crippen molar-refractivity contribution in [2.75, 3.05) is 5.43 Å². The summed E-state index contributed by atoms with van der Waals surface area (Å²) in [6, 6.07) is 3.93. The number of hydrogen-bond donors (Lipinski definition) is 3. The Bertz CT molecular complexity index is 390. The molecule has 0 saturated heterocycles. The molecule has 2 heterocycles. The number of hydrogen-bond acceptors (Lipinski definition) is 4. The Morgan fingerprint density at radius 3 is 3.00 bits per heavy atom. The molecule has 4 N–H and O–H groups in total. The number of aryl methyl sites for hydroxylation is 1. The van der Waals surface area contributed by atoms with Crippen molar-refractivity contribution < 1.29 is 0 Å². The molecule has 0 aromatic carbocycles. The highest BCUT2D eigenvalue weighted by molar-refractivity contribution is 7.19. The number of nitrogens with one attached hydrogen (secondary N) is 2. The van der Waals surface area contributed by atoms with E-state index in [2.05, 4.69) is 15.4 Å². The molecule has 4 nitrogen and oxygen atoms in total. The third-order valence-electron chi connectivity index (χ3n) is 1.76. The van der Waals surface area contributed by atoms with Gasteiger partial charge in [-0.05, 0) is 19.1 Å². The molecule has 0 atom stereocenters. The molecular weight excluding hydrogens is 184 g/mol. The maximum absolute atomic E-state index is 5.33. The Kier molecular flexibility index (Phi) is 2.03. The number of thiazole rings is 1. The van der Waals surface area contributed by atoms with Gasteiger partial charge in [0.2, 0.25) is 0 Å². The van der Waals surface area contributed by atoms with Gasteiger partial charge < -0.3 is 10.4 Å². The minimum Gasteiger partial charge on any atom is -0.359 e. The van der Waals surface area contributed by atoms with Gasteiger partial charge in [0.25, 0.3) is 0 Å². The van der Waals surface area contributed by atoms with Crippen molar-refractivity contribution in [3.8, 4) is 10.7 Å². The van der Waals surface area contributed by atoms with Crippen LogP contribution in [0.5, 0.6) is 0 Å². The first-order chi connectivity index (χ1) is 6.31. The van der Waals surface area contributed by atoms with Gasteiger partial charge in [0.1, 0.15) is 10.0 Å². The molecule has 2 rings (SSSR count). The van der Waals surface area contributed by atoms with Crippen molar-refractivity contribution in [3.63, 3.8) is 0 Å². The SMILES string of the molecule is Cc1nc(-c2ccc[nH]2)sc1NN. The van der Waals surface area contributed by atoms with Crippen molar-refractivity contribution in [1.29, 1.82) is 0 Å². The zero-order chi connectivity index (χ0) is 9.26. The number of hydrazine groups is 1. The summed E-state index contributed by atoms with van der Waals surface area (Å²) in [6.45, 7) is 1.93. The maximum Gasteiger partial charge on any atom is 0.141 e. The first-order valence-corrected chi connectivity index (χ1v) is 4.70. The average molecular weight is 194 g/mol. The van der Waals surface area contributed by atoms with Gasteiger partial charge in [-0.2, -0.15) is 0 Å². The minimum atomic E-state index is 0.907. The lowest BCUT2D eigenvalue weighted by Gasteiger charge is -1.91. The minimum absolute atomic E-state index is 0.907. The summed E-state index contributed by atoms with van der Waals surface area (Å²) in [7, 11) is 0. The highest BCUT2D eigenvalue weighted by atomic mass is 32.1. The Hall–Kier alpha value is -1.33. The zero-order valence-corrected chi connectivity index (χ0v) is 7.98. The van der Waals surface area contributed by atoms with E-state index in [0.29, 0.717) is 0 Å². The predicted octanol–water partition coefficient (Wildman–Crippen LogP) is 1.73. The van der Waals surface area contributed by atoms with Crippen LogP contribution in [0.25, 0.3) is 10.7 Å². The number of rotatable bonds is 2. The number of nitrogens with zero attached hydrogens (tertiary/aromatic N) is 1. The Labute approximate surface area is 79.8 Å². The lowest BCUT2D eigenvalue weighted by atomic mass is 10.4. The van der Waals surface area contributed by atoms with Gasteiger partial charge in [-0.25, -0.2) is 10.8 Å². The van der Waals surface area contributed by atoms with Gasteiger partial charge in [0.15, 0.2) is 0 Å².